The van der Waals surface area contributed by atoms with Crippen LogP contribution in [-0.2, 0) is 25.5 Å². The molecule has 3 N–H and O–H groups in total. The normalized spacial score (nSPS) is 12.3. The van der Waals surface area contributed by atoms with E-state index in [1.54, 1.807) is 72.9 Å². The molecule has 0 bridgehead atoms. The molecule has 0 saturated heterocycles. The van der Waals surface area contributed by atoms with Crippen LogP contribution in [-0.4, -0.2) is 68.9 Å². The molecule has 13 heteroatoms. The summed E-state index contributed by atoms with van der Waals surface area (Å²) in [6, 6.07) is 10.2. The second-order valence-electron chi connectivity index (χ2n) is 11.9. The fourth-order valence-electron chi connectivity index (χ4n) is 3.99. The fraction of sp³-hybridized carbons (Fsp3) is 0.400. The van der Waals surface area contributed by atoms with Gasteiger partial charge in [0.1, 0.15) is 17.2 Å². The van der Waals surface area contributed by atoms with Crippen molar-refractivity contribution < 1.29 is 38.6 Å². The first-order valence-electron chi connectivity index (χ1n) is 13.5. The molecule has 3 amide bonds. The van der Waals surface area contributed by atoms with Crippen LogP contribution in [0.1, 0.15) is 64.6 Å². The minimum Gasteiger partial charge on any atom is -0.475 e. The van der Waals surface area contributed by atoms with Crippen LogP contribution in [0.25, 0.3) is 11.0 Å². The lowest BCUT2D eigenvalue weighted by Gasteiger charge is -2.24. The van der Waals surface area contributed by atoms with Crippen LogP contribution < -0.4 is 15.5 Å². The first-order valence-corrected chi connectivity index (χ1v) is 13.5. The zero-order valence-electron chi connectivity index (χ0n) is 25.5. The number of benzene rings is 2. The standard InChI is InChI=1S/C30H37N5O8/c1-17(36)34(8)20-11-9-10-18(14-20)15-22(33-27(40)42-29(2,3)4)25(37)31-19-12-13-23-21(16-19)32-24(26(38)39)35(23)28(41)43-30(5,6)7/h9-14,16,22H,15H2,1-8H3,(H,31,37)(H,33,40)(H,38,39). The largest absolute Gasteiger partial charge is 0.475 e. The summed E-state index contributed by atoms with van der Waals surface area (Å²) in [5.74, 6) is -2.76. The molecule has 230 valence electrons. The van der Waals surface area contributed by atoms with E-state index in [4.69, 9.17) is 9.47 Å². The third-order valence-electron chi connectivity index (χ3n) is 5.91. The first kappa shape index (κ1) is 32.6. The number of rotatable bonds is 7. The molecule has 2 aromatic carbocycles. The maximum Gasteiger partial charge on any atom is 0.420 e. The second kappa shape index (κ2) is 12.5. The van der Waals surface area contributed by atoms with Gasteiger partial charge in [0.05, 0.1) is 11.0 Å². The highest BCUT2D eigenvalue weighted by Gasteiger charge is 2.28. The Morgan fingerprint density at radius 1 is 0.977 bits per heavy atom. The third kappa shape index (κ3) is 8.77. The molecule has 1 unspecified atom stereocenters. The predicted octanol–water partition coefficient (Wildman–Crippen LogP) is 4.57. The molecule has 0 aliphatic heterocycles. The van der Waals surface area contributed by atoms with Crippen molar-refractivity contribution in [1.82, 2.24) is 14.9 Å². The Morgan fingerprint density at radius 3 is 2.21 bits per heavy atom. The summed E-state index contributed by atoms with van der Waals surface area (Å²) in [4.78, 5) is 68.1. The fourth-order valence-corrected chi connectivity index (χ4v) is 3.99. The number of carboxylic acids is 1. The lowest BCUT2D eigenvalue weighted by atomic mass is 10.0. The molecule has 1 heterocycles. The molecule has 3 aromatic rings. The Balaban J connectivity index is 1.93. The SMILES string of the molecule is CC(=O)N(C)c1cccc(CC(NC(=O)OC(C)(C)C)C(=O)Nc2ccc3c(c2)nc(C(=O)O)n3C(=O)OC(C)(C)C)c1. The molecule has 0 aliphatic rings. The summed E-state index contributed by atoms with van der Waals surface area (Å²) in [6.45, 7) is 11.5. The van der Waals surface area contributed by atoms with Gasteiger partial charge < -0.3 is 30.1 Å². The van der Waals surface area contributed by atoms with Crippen molar-refractivity contribution >= 4 is 52.4 Å². The summed E-state index contributed by atoms with van der Waals surface area (Å²) >= 11 is 0. The van der Waals surface area contributed by atoms with Crippen molar-refractivity contribution in [2.45, 2.75) is 72.1 Å². The van der Waals surface area contributed by atoms with Crippen molar-refractivity contribution in [1.29, 1.82) is 0 Å². The molecule has 0 radical (unpaired) electrons. The average Bonchev–Trinajstić information content (AvgIpc) is 3.25. The molecule has 0 aliphatic carbocycles. The van der Waals surface area contributed by atoms with E-state index in [0.29, 0.717) is 11.3 Å². The van der Waals surface area contributed by atoms with Gasteiger partial charge >= 0.3 is 18.2 Å². The summed E-state index contributed by atoms with van der Waals surface area (Å²) in [6.07, 6.45) is -1.66. The van der Waals surface area contributed by atoms with Gasteiger partial charge in [0.2, 0.25) is 17.6 Å². The van der Waals surface area contributed by atoms with Gasteiger partial charge in [-0.15, -0.1) is 0 Å². The number of aromatic nitrogens is 2. The number of carbonyl (C=O) groups excluding carboxylic acids is 4. The summed E-state index contributed by atoms with van der Waals surface area (Å²) in [5.41, 5.74) is 0.117. The highest BCUT2D eigenvalue weighted by atomic mass is 16.6. The molecule has 0 saturated carbocycles. The van der Waals surface area contributed by atoms with Crippen LogP contribution in [0.4, 0.5) is 21.0 Å². The zero-order chi connectivity index (χ0) is 32.3. The number of hydrogen-bond donors (Lipinski definition) is 3. The van der Waals surface area contributed by atoms with Crippen molar-refractivity contribution in [3.8, 4) is 0 Å². The maximum absolute atomic E-state index is 13.5. The molecular formula is C30H37N5O8. The van der Waals surface area contributed by atoms with Crippen molar-refractivity contribution in [3.05, 3.63) is 53.9 Å². The molecule has 13 nitrogen and oxygen atoms in total. The van der Waals surface area contributed by atoms with E-state index >= 15 is 0 Å². The Kier molecular flexibility index (Phi) is 9.48. The molecule has 1 aromatic heterocycles. The number of carboxylic acid groups (broad SMARTS) is 1. The third-order valence-corrected chi connectivity index (χ3v) is 5.91. The minimum absolute atomic E-state index is 0.0589. The monoisotopic (exact) mass is 595 g/mol. The number of amides is 3. The number of alkyl carbamates (subject to hydrolysis) is 1. The molecule has 43 heavy (non-hydrogen) atoms. The average molecular weight is 596 g/mol. The summed E-state index contributed by atoms with van der Waals surface area (Å²) in [7, 11) is 1.63. The Bertz CT molecular complexity index is 1560. The van der Waals surface area contributed by atoms with Crippen LogP contribution in [0.5, 0.6) is 0 Å². The Morgan fingerprint density at radius 2 is 1.63 bits per heavy atom. The van der Waals surface area contributed by atoms with E-state index in [-0.39, 0.29) is 29.0 Å². The molecule has 0 fully saturated rings. The summed E-state index contributed by atoms with van der Waals surface area (Å²) < 4.78 is 11.6. The van der Waals surface area contributed by atoms with Gasteiger partial charge in [-0.25, -0.2) is 23.9 Å². The number of nitrogens with one attached hydrogen (secondary N) is 2. The molecule has 0 spiro atoms. The van der Waals surface area contributed by atoms with Gasteiger partial charge in [-0.2, -0.15) is 0 Å². The maximum atomic E-state index is 13.5. The quantitative estimate of drug-likeness (QED) is 0.354. The lowest BCUT2D eigenvalue weighted by Crippen LogP contribution is -2.47. The highest BCUT2D eigenvalue weighted by molar-refractivity contribution is 6.01. The van der Waals surface area contributed by atoms with Gasteiger partial charge in [0, 0.05) is 31.8 Å². The second-order valence-corrected chi connectivity index (χ2v) is 11.9. The van der Waals surface area contributed by atoms with Gasteiger partial charge in [-0.3, -0.25) is 9.59 Å². The van der Waals surface area contributed by atoms with E-state index in [1.165, 1.54) is 30.0 Å². The number of hydrogen-bond acceptors (Lipinski definition) is 8. The topological polar surface area (TPSA) is 169 Å². The summed E-state index contributed by atoms with van der Waals surface area (Å²) in [5, 5.41) is 15.0. The van der Waals surface area contributed by atoms with E-state index in [1.807, 2.05) is 0 Å². The zero-order valence-corrected chi connectivity index (χ0v) is 25.5. The van der Waals surface area contributed by atoms with Crippen LogP contribution in [0, 0.1) is 0 Å². The van der Waals surface area contributed by atoms with Gasteiger partial charge in [0.15, 0.2) is 0 Å². The van der Waals surface area contributed by atoms with Crippen molar-refractivity contribution in [2.24, 2.45) is 0 Å². The van der Waals surface area contributed by atoms with Crippen LogP contribution in [0.3, 0.4) is 0 Å². The lowest BCUT2D eigenvalue weighted by molar-refractivity contribution is -0.118. The molecular weight excluding hydrogens is 558 g/mol. The smallest absolute Gasteiger partial charge is 0.420 e. The van der Waals surface area contributed by atoms with Gasteiger partial charge in [-0.05, 0) is 77.4 Å². The number of anilines is 2. The Hall–Kier alpha value is -4.94. The van der Waals surface area contributed by atoms with E-state index in [0.717, 1.165) is 4.57 Å². The van der Waals surface area contributed by atoms with Crippen molar-refractivity contribution in [3.63, 3.8) is 0 Å². The number of imidazole rings is 1. The Labute approximate surface area is 249 Å². The van der Waals surface area contributed by atoms with E-state index in [9.17, 15) is 29.1 Å². The number of nitrogens with zero attached hydrogens (tertiary/aromatic N) is 3. The number of carbonyl (C=O) groups is 5. The number of aromatic carboxylic acids is 1. The highest BCUT2D eigenvalue weighted by Crippen LogP contribution is 2.23. The van der Waals surface area contributed by atoms with Crippen molar-refractivity contribution in [2.75, 3.05) is 17.3 Å². The van der Waals surface area contributed by atoms with Gasteiger partial charge in [-0.1, -0.05) is 12.1 Å². The molecule has 1 atom stereocenters. The number of ether oxygens (including phenoxy) is 2. The van der Waals surface area contributed by atoms with Crippen LogP contribution >= 0.6 is 0 Å². The first-order chi connectivity index (χ1) is 19.8. The van der Waals surface area contributed by atoms with Gasteiger partial charge in [0.25, 0.3) is 0 Å². The van der Waals surface area contributed by atoms with Crippen LogP contribution in [0.15, 0.2) is 42.5 Å². The minimum atomic E-state index is -1.44. The molecule has 3 rings (SSSR count). The number of fused-ring (bicyclic) bond motifs is 1. The van der Waals surface area contributed by atoms with Crippen LogP contribution in [0.2, 0.25) is 0 Å². The van der Waals surface area contributed by atoms with E-state index in [2.05, 4.69) is 15.6 Å². The van der Waals surface area contributed by atoms with E-state index < -0.39 is 47.1 Å². The predicted molar refractivity (Wildman–Crippen MR) is 159 cm³/mol.